The number of hydrogen-bond donors (Lipinski definition) is 1. The standard InChI is InChI=1S/C11H7N3OS/c12-7-8-11(14-6-5-13-8)16-10-4-2-1-3-9(10)15/h1-6,15H. The summed E-state index contributed by atoms with van der Waals surface area (Å²) in [6, 6.07) is 8.85. The molecule has 2 rings (SSSR count). The minimum Gasteiger partial charge on any atom is -0.507 e. The first-order valence-electron chi connectivity index (χ1n) is 4.48. The van der Waals surface area contributed by atoms with Gasteiger partial charge in [-0.05, 0) is 12.1 Å². The van der Waals surface area contributed by atoms with Crippen molar-refractivity contribution in [2.24, 2.45) is 0 Å². The Kier molecular flexibility index (Phi) is 3.03. The number of phenolic OH excluding ortho intramolecular Hbond substituents is 1. The summed E-state index contributed by atoms with van der Waals surface area (Å²) in [7, 11) is 0. The van der Waals surface area contributed by atoms with Crippen LogP contribution in [0.25, 0.3) is 0 Å². The number of nitrogens with zero attached hydrogens (tertiary/aromatic N) is 3. The van der Waals surface area contributed by atoms with Crippen LogP contribution in [-0.4, -0.2) is 15.1 Å². The maximum Gasteiger partial charge on any atom is 0.173 e. The summed E-state index contributed by atoms with van der Waals surface area (Å²) in [5, 5.41) is 18.9. The van der Waals surface area contributed by atoms with Crippen molar-refractivity contribution in [3.8, 4) is 11.8 Å². The molecule has 0 spiro atoms. The zero-order valence-electron chi connectivity index (χ0n) is 8.16. The molecule has 0 fully saturated rings. The number of nitriles is 1. The SMILES string of the molecule is N#Cc1nccnc1Sc1ccccc1O. The first-order valence-corrected chi connectivity index (χ1v) is 5.30. The average molecular weight is 229 g/mol. The third kappa shape index (κ3) is 2.12. The van der Waals surface area contributed by atoms with E-state index >= 15 is 0 Å². The lowest BCUT2D eigenvalue weighted by Gasteiger charge is -2.03. The van der Waals surface area contributed by atoms with E-state index in [1.165, 1.54) is 24.2 Å². The fourth-order valence-electron chi connectivity index (χ4n) is 1.12. The highest BCUT2D eigenvalue weighted by atomic mass is 32.2. The predicted octanol–water partition coefficient (Wildman–Crippen LogP) is 2.21. The molecular weight excluding hydrogens is 222 g/mol. The first kappa shape index (κ1) is 10.5. The second-order valence-corrected chi connectivity index (χ2v) is 3.92. The van der Waals surface area contributed by atoms with Crippen molar-refractivity contribution in [3.63, 3.8) is 0 Å². The van der Waals surface area contributed by atoms with Gasteiger partial charge in [-0.25, -0.2) is 9.97 Å². The highest BCUT2D eigenvalue weighted by Crippen LogP contribution is 2.33. The van der Waals surface area contributed by atoms with Gasteiger partial charge in [-0.15, -0.1) is 0 Å². The molecule has 0 saturated carbocycles. The van der Waals surface area contributed by atoms with Gasteiger partial charge >= 0.3 is 0 Å². The minimum atomic E-state index is 0.169. The van der Waals surface area contributed by atoms with E-state index in [4.69, 9.17) is 5.26 Å². The molecule has 1 aromatic heterocycles. The Hall–Kier alpha value is -2.06. The third-order valence-corrected chi connectivity index (χ3v) is 2.90. The van der Waals surface area contributed by atoms with Gasteiger partial charge in [-0.3, -0.25) is 0 Å². The summed E-state index contributed by atoms with van der Waals surface area (Å²) in [6.07, 6.45) is 2.98. The molecule has 1 N–H and O–H groups in total. The lowest BCUT2D eigenvalue weighted by molar-refractivity contribution is 0.462. The Morgan fingerprint density at radius 3 is 2.69 bits per heavy atom. The molecule has 0 radical (unpaired) electrons. The number of phenols is 1. The quantitative estimate of drug-likeness (QED) is 0.854. The van der Waals surface area contributed by atoms with Crippen LogP contribution >= 0.6 is 11.8 Å². The molecule has 0 aliphatic carbocycles. The Labute approximate surface area is 96.6 Å². The van der Waals surface area contributed by atoms with Crippen LogP contribution < -0.4 is 0 Å². The number of para-hydroxylation sites is 1. The number of aromatic hydroxyl groups is 1. The molecule has 0 amide bonds. The highest BCUT2D eigenvalue weighted by molar-refractivity contribution is 7.99. The van der Waals surface area contributed by atoms with E-state index in [1.807, 2.05) is 12.1 Å². The van der Waals surface area contributed by atoms with Crippen LogP contribution in [-0.2, 0) is 0 Å². The summed E-state index contributed by atoms with van der Waals surface area (Å²) in [5.41, 5.74) is 0.260. The largest absolute Gasteiger partial charge is 0.507 e. The average Bonchev–Trinajstić information content (AvgIpc) is 2.33. The van der Waals surface area contributed by atoms with Crippen LogP contribution in [0.1, 0.15) is 5.69 Å². The van der Waals surface area contributed by atoms with E-state index in [2.05, 4.69) is 9.97 Å². The van der Waals surface area contributed by atoms with Crippen molar-refractivity contribution in [2.75, 3.05) is 0 Å². The van der Waals surface area contributed by atoms with Gasteiger partial charge in [0.1, 0.15) is 16.8 Å². The van der Waals surface area contributed by atoms with Crippen LogP contribution in [0.15, 0.2) is 46.6 Å². The molecule has 2 aromatic rings. The second-order valence-electron chi connectivity index (χ2n) is 2.89. The first-order chi connectivity index (χ1) is 7.81. The summed E-state index contributed by atoms with van der Waals surface area (Å²) < 4.78 is 0. The van der Waals surface area contributed by atoms with Crippen LogP contribution in [0.5, 0.6) is 5.75 Å². The van der Waals surface area contributed by atoms with Crippen LogP contribution in [0.2, 0.25) is 0 Å². The van der Waals surface area contributed by atoms with E-state index in [9.17, 15) is 5.11 Å². The fourth-order valence-corrected chi connectivity index (χ4v) is 1.96. The summed E-state index contributed by atoms with van der Waals surface area (Å²) in [6.45, 7) is 0. The number of rotatable bonds is 2. The smallest absolute Gasteiger partial charge is 0.173 e. The third-order valence-electron chi connectivity index (χ3n) is 1.84. The molecule has 0 unspecified atom stereocenters. The number of hydrogen-bond acceptors (Lipinski definition) is 5. The monoisotopic (exact) mass is 229 g/mol. The van der Waals surface area contributed by atoms with Crippen molar-refractivity contribution in [2.45, 2.75) is 9.92 Å². The molecule has 0 atom stereocenters. The molecule has 5 heteroatoms. The van der Waals surface area contributed by atoms with Gasteiger partial charge in [0.05, 0.1) is 4.90 Å². The van der Waals surface area contributed by atoms with Crippen LogP contribution in [0.4, 0.5) is 0 Å². The molecule has 0 saturated heterocycles. The maximum atomic E-state index is 9.58. The molecule has 1 heterocycles. The Balaban J connectivity index is 2.35. The molecule has 78 valence electrons. The van der Waals surface area contributed by atoms with Crippen LogP contribution in [0.3, 0.4) is 0 Å². The molecule has 1 aromatic carbocycles. The minimum absolute atomic E-state index is 0.169. The highest BCUT2D eigenvalue weighted by Gasteiger charge is 2.08. The van der Waals surface area contributed by atoms with Gasteiger partial charge in [-0.2, -0.15) is 5.26 Å². The maximum absolute atomic E-state index is 9.58. The molecular formula is C11H7N3OS. The van der Waals surface area contributed by atoms with Crippen molar-refractivity contribution >= 4 is 11.8 Å². The molecule has 0 bridgehead atoms. The van der Waals surface area contributed by atoms with Gasteiger partial charge in [0.25, 0.3) is 0 Å². The van der Waals surface area contributed by atoms with Crippen LogP contribution in [0, 0.1) is 11.3 Å². The Morgan fingerprint density at radius 2 is 1.94 bits per heavy atom. The van der Waals surface area contributed by atoms with Crippen molar-refractivity contribution in [1.82, 2.24) is 9.97 Å². The van der Waals surface area contributed by atoms with E-state index in [0.717, 1.165) is 0 Å². The molecule has 4 nitrogen and oxygen atoms in total. The van der Waals surface area contributed by atoms with Gasteiger partial charge in [-0.1, -0.05) is 23.9 Å². The molecule has 16 heavy (non-hydrogen) atoms. The summed E-state index contributed by atoms with van der Waals surface area (Å²) in [5.74, 6) is 0.169. The molecule has 0 aliphatic rings. The van der Waals surface area contributed by atoms with Gasteiger partial charge in [0, 0.05) is 12.4 Å². The second kappa shape index (κ2) is 4.64. The van der Waals surface area contributed by atoms with Crippen molar-refractivity contribution in [3.05, 3.63) is 42.4 Å². The number of benzene rings is 1. The van der Waals surface area contributed by atoms with E-state index in [-0.39, 0.29) is 11.4 Å². The van der Waals surface area contributed by atoms with Crippen molar-refractivity contribution < 1.29 is 5.11 Å². The lowest BCUT2D eigenvalue weighted by atomic mass is 10.3. The van der Waals surface area contributed by atoms with E-state index < -0.39 is 0 Å². The normalized spacial score (nSPS) is 9.69. The van der Waals surface area contributed by atoms with E-state index in [1.54, 1.807) is 18.2 Å². The van der Waals surface area contributed by atoms with Gasteiger partial charge < -0.3 is 5.11 Å². The van der Waals surface area contributed by atoms with Gasteiger partial charge in [0.2, 0.25) is 0 Å². The van der Waals surface area contributed by atoms with Crippen molar-refractivity contribution in [1.29, 1.82) is 5.26 Å². The zero-order valence-corrected chi connectivity index (χ0v) is 8.98. The Bertz CT molecular complexity index is 551. The Morgan fingerprint density at radius 1 is 1.19 bits per heavy atom. The fraction of sp³-hybridized carbons (Fsp3) is 0. The predicted molar refractivity (Wildman–Crippen MR) is 59.0 cm³/mol. The topological polar surface area (TPSA) is 69.8 Å². The summed E-state index contributed by atoms with van der Waals surface area (Å²) >= 11 is 1.22. The molecule has 0 aliphatic heterocycles. The summed E-state index contributed by atoms with van der Waals surface area (Å²) in [4.78, 5) is 8.60. The zero-order chi connectivity index (χ0) is 11.4. The number of aromatic nitrogens is 2. The lowest BCUT2D eigenvalue weighted by Crippen LogP contribution is -1.89. The van der Waals surface area contributed by atoms with Gasteiger partial charge in [0.15, 0.2) is 5.69 Å². The van der Waals surface area contributed by atoms with E-state index in [0.29, 0.717) is 9.92 Å².